The molecule has 0 spiro atoms. The number of nitrogens with one attached hydrogen (secondary N) is 1. The first-order valence-corrected chi connectivity index (χ1v) is 2.02. The molecule has 0 heterocycles. The van der Waals surface area contributed by atoms with Crippen molar-refractivity contribution < 1.29 is 0 Å². The van der Waals surface area contributed by atoms with Gasteiger partial charge in [-0.2, -0.15) is 0 Å². The largest absolute Gasteiger partial charge is 0.313 e. The lowest BCUT2D eigenvalue weighted by molar-refractivity contribution is 1.42. The van der Waals surface area contributed by atoms with Gasteiger partial charge in [0.2, 0.25) is 0 Å². The zero-order valence-electron chi connectivity index (χ0n) is 3.94. The summed E-state index contributed by atoms with van der Waals surface area (Å²) in [7, 11) is 0. The van der Waals surface area contributed by atoms with Crippen molar-refractivity contribution in [3.8, 4) is 0 Å². The Morgan fingerprint density at radius 1 is 1.67 bits per heavy atom. The van der Waals surface area contributed by atoms with Crippen molar-refractivity contribution in [2.24, 2.45) is 0 Å². The minimum absolute atomic E-state index is 0.774. The standard InChI is InChI=1S/C5H9N/c1-2-3-4-5-6/h2-3,5-6H,4H2,1H3. The fourth-order valence-electron chi connectivity index (χ4n) is 0.204. The van der Waals surface area contributed by atoms with Crippen LogP contribution < -0.4 is 0 Å². The highest BCUT2D eigenvalue weighted by molar-refractivity contribution is 5.55. The summed E-state index contributed by atoms with van der Waals surface area (Å²) in [5.74, 6) is 0. The van der Waals surface area contributed by atoms with Crippen LogP contribution in [-0.2, 0) is 0 Å². The minimum Gasteiger partial charge on any atom is -0.313 e. The Hall–Kier alpha value is -0.590. The summed E-state index contributed by atoms with van der Waals surface area (Å²) in [4.78, 5) is 0. The van der Waals surface area contributed by atoms with E-state index in [1.54, 1.807) is 0 Å². The molecule has 0 aromatic carbocycles. The first kappa shape index (κ1) is 5.41. The van der Waals surface area contributed by atoms with E-state index in [1.807, 2.05) is 19.1 Å². The van der Waals surface area contributed by atoms with Gasteiger partial charge in [-0.25, -0.2) is 0 Å². The Balaban J connectivity index is 2.85. The third-order valence-corrected chi connectivity index (χ3v) is 0.490. The van der Waals surface area contributed by atoms with E-state index in [4.69, 9.17) is 5.41 Å². The molecule has 34 valence electrons. The van der Waals surface area contributed by atoms with E-state index in [2.05, 4.69) is 0 Å². The summed E-state index contributed by atoms with van der Waals surface area (Å²) in [6.07, 6.45) is 6.02. The molecule has 0 aromatic heterocycles. The molecule has 0 saturated carbocycles. The Bertz CT molecular complexity index is 55.0. The van der Waals surface area contributed by atoms with Gasteiger partial charge in [0.1, 0.15) is 0 Å². The van der Waals surface area contributed by atoms with Crippen LogP contribution in [0.4, 0.5) is 0 Å². The lowest BCUT2D eigenvalue weighted by atomic mass is 10.4. The van der Waals surface area contributed by atoms with Gasteiger partial charge in [0.15, 0.2) is 0 Å². The lowest BCUT2D eigenvalue weighted by Crippen LogP contribution is -1.59. The summed E-state index contributed by atoms with van der Waals surface area (Å²) < 4.78 is 0. The highest BCUT2D eigenvalue weighted by Crippen LogP contribution is 1.72. The molecule has 0 radical (unpaired) electrons. The quantitative estimate of drug-likeness (QED) is 0.387. The van der Waals surface area contributed by atoms with E-state index in [-0.39, 0.29) is 0 Å². The zero-order chi connectivity index (χ0) is 4.83. The highest BCUT2D eigenvalue weighted by atomic mass is 14.3. The van der Waals surface area contributed by atoms with E-state index in [1.165, 1.54) is 6.21 Å². The molecule has 6 heavy (non-hydrogen) atoms. The van der Waals surface area contributed by atoms with Crippen molar-refractivity contribution in [3.05, 3.63) is 12.2 Å². The van der Waals surface area contributed by atoms with Gasteiger partial charge in [-0.05, 0) is 19.6 Å². The lowest BCUT2D eigenvalue weighted by Gasteiger charge is -1.68. The summed E-state index contributed by atoms with van der Waals surface area (Å²) in [5, 5.41) is 6.53. The Morgan fingerprint density at radius 3 is 2.50 bits per heavy atom. The second-order valence-corrected chi connectivity index (χ2v) is 1.01. The van der Waals surface area contributed by atoms with Crippen LogP contribution in [0.5, 0.6) is 0 Å². The van der Waals surface area contributed by atoms with Crippen molar-refractivity contribution in [3.63, 3.8) is 0 Å². The maximum atomic E-state index is 6.53. The first-order valence-electron chi connectivity index (χ1n) is 2.02. The number of hydrogen-bond acceptors (Lipinski definition) is 1. The van der Waals surface area contributed by atoms with Crippen LogP contribution in [0.3, 0.4) is 0 Å². The second-order valence-electron chi connectivity index (χ2n) is 1.01. The molecule has 1 nitrogen and oxygen atoms in total. The van der Waals surface area contributed by atoms with E-state index < -0.39 is 0 Å². The molecule has 0 bridgehead atoms. The molecule has 0 atom stereocenters. The van der Waals surface area contributed by atoms with E-state index >= 15 is 0 Å². The number of allylic oxidation sites excluding steroid dienone is 2. The van der Waals surface area contributed by atoms with Gasteiger partial charge in [-0.1, -0.05) is 12.2 Å². The van der Waals surface area contributed by atoms with Crippen molar-refractivity contribution >= 4 is 6.21 Å². The van der Waals surface area contributed by atoms with Gasteiger partial charge in [-0.15, -0.1) is 0 Å². The molecule has 1 heteroatoms. The zero-order valence-corrected chi connectivity index (χ0v) is 3.94. The summed E-state index contributed by atoms with van der Waals surface area (Å²) >= 11 is 0. The Labute approximate surface area is 38.2 Å². The van der Waals surface area contributed by atoms with Crippen LogP contribution in [0.15, 0.2) is 12.2 Å². The second kappa shape index (κ2) is 4.41. The fraction of sp³-hybridized carbons (Fsp3) is 0.400. The van der Waals surface area contributed by atoms with Crippen molar-refractivity contribution in [1.29, 1.82) is 5.41 Å². The van der Waals surface area contributed by atoms with Gasteiger partial charge in [0, 0.05) is 0 Å². The smallest absolute Gasteiger partial charge is 0.0000289 e. The van der Waals surface area contributed by atoms with Crippen LogP contribution in [0.2, 0.25) is 0 Å². The van der Waals surface area contributed by atoms with Crippen LogP contribution in [0.1, 0.15) is 13.3 Å². The summed E-state index contributed by atoms with van der Waals surface area (Å²) in [5.41, 5.74) is 0. The van der Waals surface area contributed by atoms with Crippen LogP contribution in [-0.4, -0.2) is 6.21 Å². The van der Waals surface area contributed by atoms with E-state index in [0.29, 0.717) is 0 Å². The van der Waals surface area contributed by atoms with Crippen LogP contribution in [0, 0.1) is 5.41 Å². The Morgan fingerprint density at radius 2 is 2.33 bits per heavy atom. The van der Waals surface area contributed by atoms with E-state index in [9.17, 15) is 0 Å². The normalized spacial score (nSPS) is 9.50. The Kier molecular flexibility index (Phi) is 3.98. The number of rotatable bonds is 2. The molecule has 0 aliphatic rings. The summed E-state index contributed by atoms with van der Waals surface area (Å²) in [6, 6.07) is 0. The molecule has 0 unspecified atom stereocenters. The summed E-state index contributed by atoms with van der Waals surface area (Å²) in [6.45, 7) is 1.95. The van der Waals surface area contributed by atoms with E-state index in [0.717, 1.165) is 6.42 Å². The van der Waals surface area contributed by atoms with Gasteiger partial charge in [0.05, 0.1) is 0 Å². The minimum atomic E-state index is 0.774. The molecule has 0 fully saturated rings. The van der Waals surface area contributed by atoms with Crippen molar-refractivity contribution in [2.75, 3.05) is 0 Å². The maximum absolute atomic E-state index is 6.53. The van der Waals surface area contributed by atoms with Crippen LogP contribution in [0.25, 0.3) is 0 Å². The third-order valence-electron chi connectivity index (χ3n) is 0.490. The maximum Gasteiger partial charge on any atom is -0.0000289 e. The topological polar surface area (TPSA) is 23.9 Å². The van der Waals surface area contributed by atoms with Gasteiger partial charge >= 0.3 is 0 Å². The van der Waals surface area contributed by atoms with Gasteiger partial charge in [0.25, 0.3) is 0 Å². The molecule has 0 aliphatic carbocycles. The third kappa shape index (κ3) is 3.41. The molecular weight excluding hydrogens is 74.1 g/mol. The van der Waals surface area contributed by atoms with Gasteiger partial charge in [-0.3, -0.25) is 0 Å². The predicted molar refractivity (Wildman–Crippen MR) is 28.2 cm³/mol. The van der Waals surface area contributed by atoms with Crippen LogP contribution >= 0.6 is 0 Å². The molecule has 0 aromatic rings. The molecule has 0 amide bonds. The van der Waals surface area contributed by atoms with Gasteiger partial charge < -0.3 is 5.41 Å². The van der Waals surface area contributed by atoms with Crippen molar-refractivity contribution in [1.82, 2.24) is 0 Å². The van der Waals surface area contributed by atoms with Crippen molar-refractivity contribution in [2.45, 2.75) is 13.3 Å². The highest BCUT2D eigenvalue weighted by Gasteiger charge is 1.59. The SMILES string of the molecule is CC=CCC=N. The molecule has 1 N–H and O–H groups in total. The fourth-order valence-corrected chi connectivity index (χ4v) is 0.204. The molecular formula is C5H9N. The number of hydrogen-bond donors (Lipinski definition) is 1. The first-order chi connectivity index (χ1) is 2.91. The predicted octanol–water partition coefficient (Wildman–Crippen LogP) is 1.60. The average Bonchev–Trinajstić information content (AvgIpc) is 1.61. The monoisotopic (exact) mass is 83.1 g/mol. The molecule has 0 aliphatic heterocycles. The average molecular weight is 83.1 g/mol. The molecule has 0 rings (SSSR count). The molecule has 0 saturated heterocycles.